The maximum absolute atomic E-state index is 11.9. The molecule has 1 saturated heterocycles. The summed E-state index contributed by atoms with van der Waals surface area (Å²) in [5.74, 6) is 0.993. The van der Waals surface area contributed by atoms with Gasteiger partial charge in [0.2, 0.25) is 5.91 Å². The maximum atomic E-state index is 11.9. The largest absolute Gasteiger partial charge is 0.354 e. The van der Waals surface area contributed by atoms with Crippen molar-refractivity contribution in [3.63, 3.8) is 0 Å². The van der Waals surface area contributed by atoms with Crippen LogP contribution >= 0.6 is 11.3 Å². The predicted molar refractivity (Wildman–Crippen MR) is 105 cm³/mol. The van der Waals surface area contributed by atoms with Crippen molar-refractivity contribution in [3.8, 4) is 0 Å². The summed E-state index contributed by atoms with van der Waals surface area (Å²) in [6, 6.07) is 4.31. The van der Waals surface area contributed by atoms with Crippen LogP contribution in [0.5, 0.6) is 0 Å². The number of aliphatic imine (C=N–C) groups is 1. The summed E-state index contributed by atoms with van der Waals surface area (Å²) in [4.78, 5) is 22.4. The van der Waals surface area contributed by atoms with E-state index in [1.165, 1.54) is 4.88 Å². The van der Waals surface area contributed by atoms with Crippen LogP contribution in [-0.4, -0.2) is 68.0 Å². The van der Waals surface area contributed by atoms with Gasteiger partial charge in [0, 0.05) is 63.2 Å². The van der Waals surface area contributed by atoms with Crippen LogP contribution < -0.4 is 10.6 Å². The van der Waals surface area contributed by atoms with Gasteiger partial charge in [-0.1, -0.05) is 26.8 Å². The molecule has 0 atom stereocenters. The predicted octanol–water partition coefficient (Wildman–Crippen LogP) is 1.60. The molecule has 0 saturated carbocycles. The van der Waals surface area contributed by atoms with Crippen molar-refractivity contribution in [3.05, 3.63) is 22.4 Å². The van der Waals surface area contributed by atoms with Gasteiger partial charge in [0.05, 0.1) is 0 Å². The fraction of sp³-hybridized carbons (Fsp3) is 0.667. The highest BCUT2D eigenvalue weighted by Crippen LogP contribution is 2.14. The van der Waals surface area contributed by atoms with Crippen LogP contribution in [0, 0.1) is 5.41 Å². The number of piperazine rings is 1. The molecule has 0 unspecified atom stereocenters. The van der Waals surface area contributed by atoms with E-state index in [0.29, 0.717) is 13.1 Å². The number of nitrogens with zero attached hydrogens (tertiary/aromatic N) is 3. The molecule has 2 heterocycles. The molecular formula is C18H31N5OS. The smallest absolute Gasteiger partial charge is 0.225 e. The first-order chi connectivity index (χ1) is 11.9. The minimum absolute atomic E-state index is 0.0754. The monoisotopic (exact) mass is 365 g/mol. The van der Waals surface area contributed by atoms with Gasteiger partial charge in [0.15, 0.2) is 5.96 Å². The Hall–Kier alpha value is -1.60. The third-order valence-electron chi connectivity index (χ3n) is 4.22. The standard InChI is InChI=1S/C18H31N5OS/c1-18(2,3)16(24)20-7-8-21-17(19-4)23-11-9-22(10-12-23)14-15-6-5-13-25-15/h5-6,13H,7-12,14H2,1-4H3,(H,19,21)(H,20,24). The van der Waals surface area contributed by atoms with Gasteiger partial charge in [0.25, 0.3) is 0 Å². The fourth-order valence-electron chi connectivity index (χ4n) is 2.69. The Morgan fingerprint density at radius 3 is 2.44 bits per heavy atom. The van der Waals surface area contributed by atoms with Crippen molar-refractivity contribution in [2.45, 2.75) is 27.3 Å². The summed E-state index contributed by atoms with van der Waals surface area (Å²) in [5, 5.41) is 8.44. The van der Waals surface area contributed by atoms with Crippen LogP contribution in [0.25, 0.3) is 0 Å². The lowest BCUT2D eigenvalue weighted by Gasteiger charge is -2.36. The average Bonchev–Trinajstić information content (AvgIpc) is 3.08. The van der Waals surface area contributed by atoms with E-state index in [0.717, 1.165) is 38.7 Å². The molecule has 7 heteroatoms. The quantitative estimate of drug-likeness (QED) is 0.473. The highest BCUT2D eigenvalue weighted by Gasteiger charge is 2.21. The Morgan fingerprint density at radius 2 is 1.88 bits per heavy atom. The van der Waals surface area contributed by atoms with Gasteiger partial charge >= 0.3 is 0 Å². The summed E-state index contributed by atoms with van der Waals surface area (Å²) in [5.41, 5.74) is -0.347. The molecule has 0 aliphatic carbocycles. The summed E-state index contributed by atoms with van der Waals surface area (Å²) >= 11 is 1.82. The van der Waals surface area contributed by atoms with E-state index in [2.05, 4.69) is 42.9 Å². The molecule has 140 valence electrons. The minimum atomic E-state index is -0.347. The highest BCUT2D eigenvalue weighted by molar-refractivity contribution is 7.09. The molecule has 1 aromatic heterocycles. The van der Waals surface area contributed by atoms with Crippen LogP contribution in [0.3, 0.4) is 0 Å². The molecule has 1 amide bonds. The first-order valence-electron chi connectivity index (χ1n) is 8.89. The van der Waals surface area contributed by atoms with E-state index in [-0.39, 0.29) is 11.3 Å². The van der Waals surface area contributed by atoms with Crippen LogP contribution in [0.1, 0.15) is 25.6 Å². The molecule has 6 nitrogen and oxygen atoms in total. The Morgan fingerprint density at radius 1 is 1.20 bits per heavy atom. The normalized spacial score (nSPS) is 16.8. The van der Waals surface area contributed by atoms with E-state index in [9.17, 15) is 4.79 Å². The third-order valence-corrected chi connectivity index (χ3v) is 5.08. The van der Waals surface area contributed by atoms with E-state index in [1.807, 2.05) is 39.2 Å². The number of rotatable bonds is 5. The van der Waals surface area contributed by atoms with Gasteiger partial charge in [-0.15, -0.1) is 11.3 Å². The fourth-order valence-corrected chi connectivity index (χ4v) is 3.43. The number of thiophene rings is 1. The molecular weight excluding hydrogens is 334 g/mol. The number of carbonyl (C=O) groups is 1. The molecule has 2 N–H and O–H groups in total. The maximum Gasteiger partial charge on any atom is 0.225 e. The van der Waals surface area contributed by atoms with Gasteiger partial charge in [-0.2, -0.15) is 0 Å². The van der Waals surface area contributed by atoms with E-state index >= 15 is 0 Å². The SMILES string of the molecule is CN=C(NCCNC(=O)C(C)(C)C)N1CCN(Cc2cccs2)CC1. The van der Waals surface area contributed by atoms with E-state index in [4.69, 9.17) is 0 Å². The first kappa shape index (κ1) is 19.7. The van der Waals surface area contributed by atoms with Gasteiger partial charge in [0.1, 0.15) is 0 Å². The Labute approximate surface area is 155 Å². The van der Waals surface area contributed by atoms with Crippen molar-refractivity contribution in [2.75, 3.05) is 46.3 Å². The second-order valence-electron chi connectivity index (χ2n) is 7.32. The Balaban J connectivity index is 1.69. The van der Waals surface area contributed by atoms with Gasteiger partial charge in [-0.05, 0) is 11.4 Å². The van der Waals surface area contributed by atoms with Crippen molar-refractivity contribution in [1.29, 1.82) is 0 Å². The van der Waals surface area contributed by atoms with E-state index in [1.54, 1.807) is 0 Å². The number of amides is 1. The third kappa shape index (κ3) is 6.32. The zero-order chi connectivity index (χ0) is 18.3. The highest BCUT2D eigenvalue weighted by atomic mass is 32.1. The molecule has 0 bridgehead atoms. The zero-order valence-electron chi connectivity index (χ0n) is 15.8. The Kier molecular flexibility index (Phi) is 7.25. The van der Waals surface area contributed by atoms with E-state index < -0.39 is 0 Å². The summed E-state index contributed by atoms with van der Waals surface area (Å²) in [6.45, 7) is 12.1. The second-order valence-corrected chi connectivity index (χ2v) is 8.35. The first-order valence-corrected chi connectivity index (χ1v) is 9.77. The number of hydrogen-bond acceptors (Lipinski definition) is 4. The van der Waals surface area contributed by atoms with Crippen molar-refractivity contribution in [2.24, 2.45) is 10.4 Å². The molecule has 0 spiro atoms. The van der Waals surface area contributed by atoms with Gasteiger partial charge < -0.3 is 15.5 Å². The molecule has 0 radical (unpaired) electrons. The van der Waals surface area contributed by atoms with Gasteiger partial charge in [-0.3, -0.25) is 14.7 Å². The van der Waals surface area contributed by atoms with Crippen molar-refractivity contribution < 1.29 is 4.79 Å². The van der Waals surface area contributed by atoms with Crippen LogP contribution in [-0.2, 0) is 11.3 Å². The van der Waals surface area contributed by atoms with Crippen LogP contribution in [0.4, 0.5) is 0 Å². The number of hydrogen-bond donors (Lipinski definition) is 2. The lowest BCUT2D eigenvalue weighted by Crippen LogP contribution is -2.53. The van der Waals surface area contributed by atoms with Crippen LogP contribution in [0.2, 0.25) is 0 Å². The van der Waals surface area contributed by atoms with Crippen molar-refractivity contribution in [1.82, 2.24) is 20.4 Å². The lowest BCUT2D eigenvalue weighted by atomic mass is 9.96. The molecule has 1 aromatic rings. The minimum Gasteiger partial charge on any atom is -0.354 e. The summed E-state index contributed by atoms with van der Waals surface area (Å²) < 4.78 is 0. The number of carbonyl (C=O) groups excluding carboxylic acids is 1. The summed E-state index contributed by atoms with van der Waals surface area (Å²) in [7, 11) is 1.81. The second kappa shape index (κ2) is 9.20. The van der Waals surface area contributed by atoms with Crippen LogP contribution in [0.15, 0.2) is 22.5 Å². The molecule has 1 aliphatic heterocycles. The molecule has 1 fully saturated rings. The lowest BCUT2D eigenvalue weighted by molar-refractivity contribution is -0.128. The molecule has 2 rings (SSSR count). The Bertz CT molecular complexity index is 557. The average molecular weight is 366 g/mol. The zero-order valence-corrected chi connectivity index (χ0v) is 16.7. The number of nitrogens with one attached hydrogen (secondary N) is 2. The van der Waals surface area contributed by atoms with Crippen molar-refractivity contribution >= 4 is 23.2 Å². The topological polar surface area (TPSA) is 60.0 Å². The molecule has 0 aromatic carbocycles. The molecule has 25 heavy (non-hydrogen) atoms. The molecule has 1 aliphatic rings. The number of guanidine groups is 1. The summed E-state index contributed by atoms with van der Waals surface area (Å²) in [6.07, 6.45) is 0. The van der Waals surface area contributed by atoms with Gasteiger partial charge in [-0.25, -0.2) is 0 Å².